The second-order valence-corrected chi connectivity index (χ2v) is 17.0. The van der Waals surface area contributed by atoms with Crippen molar-refractivity contribution in [1.29, 1.82) is 0 Å². The Kier molecular flexibility index (Phi) is 10.8. The van der Waals surface area contributed by atoms with Crippen molar-refractivity contribution >= 4 is 20.4 Å². The molecule has 0 fully saturated rings. The molecule has 0 radical (unpaired) electrons. The van der Waals surface area contributed by atoms with Gasteiger partial charge in [0.05, 0.1) is 18.1 Å². The second-order valence-electron chi connectivity index (χ2n) is 12.3. The molecule has 1 amide bonds. The molecular weight excluding hydrogens is 446 g/mol. The molecule has 1 aromatic rings. The lowest BCUT2D eigenvalue weighted by atomic mass is 9.88. The van der Waals surface area contributed by atoms with Crippen LogP contribution < -0.4 is 5.32 Å². The normalized spacial score (nSPS) is 15.5. The summed E-state index contributed by atoms with van der Waals surface area (Å²) >= 11 is 0. The first-order valence-electron chi connectivity index (χ1n) is 12.4. The zero-order chi connectivity index (χ0) is 26.3. The maximum atomic E-state index is 12.8. The van der Waals surface area contributed by atoms with E-state index in [0.717, 1.165) is 5.56 Å². The van der Waals surface area contributed by atoms with Gasteiger partial charge in [-0.15, -0.1) is 0 Å². The van der Waals surface area contributed by atoms with Gasteiger partial charge in [0.15, 0.2) is 8.32 Å². The zero-order valence-corrected chi connectivity index (χ0v) is 23.9. The van der Waals surface area contributed by atoms with Crippen LogP contribution in [0.25, 0.3) is 0 Å². The molecule has 34 heavy (non-hydrogen) atoms. The lowest BCUT2D eigenvalue weighted by molar-refractivity contribution is -0.143. The molecule has 194 valence electrons. The highest BCUT2D eigenvalue weighted by Gasteiger charge is 2.42. The lowest BCUT2D eigenvalue weighted by Gasteiger charge is -2.42. The van der Waals surface area contributed by atoms with E-state index in [1.807, 2.05) is 65.0 Å². The monoisotopic (exact) mass is 493 g/mol. The number of carboxylic acids is 1. The average Bonchev–Trinajstić information content (AvgIpc) is 2.64. The Balaban J connectivity index is 3.40. The first-order valence-corrected chi connectivity index (χ1v) is 15.3. The van der Waals surface area contributed by atoms with Crippen LogP contribution in [0.5, 0.6) is 0 Å². The summed E-state index contributed by atoms with van der Waals surface area (Å²) in [5.74, 6) is -1.15. The van der Waals surface area contributed by atoms with Gasteiger partial charge in [0.2, 0.25) is 0 Å². The third-order valence-corrected chi connectivity index (χ3v) is 10.8. The van der Waals surface area contributed by atoms with Gasteiger partial charge in [0, 0.05) is 0 Å². The van der Waals surface area contributed by atoms with Crippen LogP contribution >= 0.6 is 0 Å². The molecule has 0 heterocycles. The zero-order valence-electron chi connectivity index (χ0n) is 22.9. The summed E-state index contributed by atoms with van der Waals surface area (Å²) in [5, 5.41) is 13.0. The van der Waals surface area contributed by atoms with Crippen molar-refractivity contribution in [2.24, 2.45) is 11.8 Å². The van der Waals surface area contributed by atoms with Gasteiger partial charge in [-0.2, -0.15) is 0 Å². The van der Waals surface area contributed by atoms with E-state index in [2.05, 4.69) is 39.2 Å². The van der Waals surface area contributed by atoms with Crippen molar-refractivity contribution in [2.45, 2.75) is 111 Å². The Morgan fingerprint density at radius 1 is 1.00 bits per heavy atom. The smallest absolute Gasteiger partial charge is 0.407 e. The molecule has 3 atom stereocenters. The molecule has 0 aliphatic heterocycles. The van der Waals surface area contributed by atoms with Gasteiger partial charge < -0.3 is 19.6 Å². The first kappa shape index (κ1) is 30.2. The maximum Gasteiger partial charge on any atom is 0.407 e. The van der Waals surface area contributed by atoms with E-state index in [-0.39, 0.29) is 11.0 Å². The third kappa shape index (κ3) is 10.6. The quantitative estimate of drug-likeness (QED) is 0.337. The topological polar surface area (TPSA) is 84.9 Å². The second kappa shape index (κ2) is 12.2. The molecule has 0 aliphatic rings. The van der Waals surface area contributed by atoms with Gasteiger partial charge in [-0.05, 0) is 69.6 Å². The van der Waals surface area contributed by atoms with Crippen molar-refractivity contribution in [2.75, 3.05) is 0 Å². The molecule has 0 saturated carbocycles. The highest BCUT2D eigenvalue weighted by Crippen LogP contribution is 2.39. The van der Waals surface area contributed by atoms with Crippen molar-refractivity contribution in [3.8, 4) is 0 Å². The molecule has 0 saturated heterocycles. The fourth-order valence-corrected chi connectivity index (χ4v) is 4.97. The Morgan fingerprint density at radius 2 is 1.56 bits per heavy atom. The fourth-order valence-electron chi connectivity index (χ4n) is 3.60. The van der Waals surface area contributed by atoms with E-state index in [1.165, 1.54) is 0 Å². The van der Waals surface area contributed by atoms with Gasteiger partial charge in [-0.1, -0.05) is 65.0 Å². The van der Waals surface area contributed by atoms with Gasteiger partial charge in [0.1, 0.15) is 5.60 Å². The predicted molar refractivity (Wildman–Crippen MR) is 141 cm³/mol. The number of benzene rings is 1. The lowest BCUT2D eigenvalue weighted by Crippen LogP contribution is -2.54. The summed E-state index contributed by atoms with van der Waals surface area (Å²) in [7, 11) is -2.27. The average molecular weight is 494 g/mol. The minimum atomic E-state index is -2.27. The van der Waals surface area contributed by atoms with Crippen LogP contribution in [-0.2, 0) is 20.4 Å². The van der Waals surface area contributed by atoms with Crippen molar-refractivity contribution in [1.82, 2.24) is 5.32 Å². The van der Waals surface area contributed by atoms with Crippen LogP contribution in [0, 0.1) is 11.8 Å². The first-order chi connectivity index (χ1) is 15.4. The van der Waals surface area contributed by atoms with Crippen LogP contribution in [-0.4, -0.2) is 43.2 Å². The Bertz CT molecular complexity index is 780. The van der Waals surface area contributed by atoms with Crippen molar-refractivity contribution < 1.29 is 23.9 Å². The molecule has 1 rings (SSSR count). The van der Waals surface area contributed by atoms with Crippen LogP contribution in [0.15, 0.2) is 30.3 Å². The van der Waals surface area contributed by atoms with Gasteiger partial charge in [0.25, 0.3) is 0 Å². The molecule has 0 bridgehead atoms. The van der Waals surface area contributed by atoms with Crippen LogP contribution in [0.2, 0.25) is 18.1 Å². The number of carbonyl (C=O) groups excluding carboxylic acids is 1. The number of amides is 1. The summed E-state index contributed by atoms with van der Waals surface area (Å²) in [4.78, 5) is 25.0. The fraction of sp³-hybridized carbons (Fsp3) is 0.704. The number of aliphatic carboxylic acids is 1. The van der Waals surface area contributed by atoms with E-state index in [1.54, 1.807) is 0 Å². The molecule has 0 aromatic heterocycles. The summed E-state index contributed by atoms with van der Waals surface area (Å²) in [5.41, 5.74) is 0.404. The third-order valence-electron chi connectivity index (χ3n) is 6.32. The van der Waals surface area contributed by atoms with Gasteiger partial charge in [-0.25, -0.2) is 4.79 Å². The van der Waals surface area contributed by atoms with Gasteiger partial charge in [-0.3, -0.25) is 4.79 Å². The summed E-state index contributed by atoms with van der Waals surface area (Å²) in [6.45, 7) is 20.3. The standard InChI is InChI=1S/C27H47NO5Si/c1-19(2)16-21(24(29)30)18-23(33-34(9,10)27(6,7)8)22(17-20-14-12-11-13-15-20)28-25(31)32-26(3,4)5/h11-15,19,21-23H,16-18H2,1-10H3,(H,28,31)(H,29,30). The van der Waals surface area contributed by atoms with E-state index in [4.69, 9.17) is 9.16 Å². The molecular formula is C27H47NO5Si. The number of nitrogens with one attached hydrogen (secondary N) is 1. The number of alkyl carbamates (subject to hydrolysis) is 1. The molecule has 3 unspecified atom stereocenters. The number of hydrogen-bond acceptors (Lipinski definition) is 4. The molecule has 2 N–H and O–H groups in total. The summed E-state index contributed by atoms with van der Waals surface area (Å²) < 4.78 is 12.4. The predicted octanol–water partition coefficient (Wildman–Crippen LogP) is 6.65. The van der Waals surface area contributed by atoms with Crippen LogP contribution in [0.4, 0.5) is 4.79 Å². The van der Waals surface area contributed by atoms with E-state index in [0.29, 0.717) is 19.3 Å². The molecule has 7 heteroatoms. The summed E-state index contributed by atoms with van der Waals surface area (Å²) in [6.07, 6.45) is 0.416. The Hall–Kier alpha value is -1.86. The molecule has 0 spiro atoms. The van der Waals surface area contributed by atoms with E-state index >= 15 is 0 Å². The molecule has 6 nitrogen and oxygen atoms in total. The Labute approximate surface area is 207 Å². The minimum Gasteiger partial charge on any atom is -0.481 e. The Morgan fingerprint density at radius 3 is 2.00 bits per heavy atom. The maximum absolute atomic E-state index is 12.8. The van der Waals surface area contributed by atoms with E-state index in [9.17, 15) is 14.7 Å². The molecule has 0 aliphatic carbocycles. The van der Waals surface area contributed by atoms with E-state index < -0.39 is 44.0 Å². The largest absolute Gasteiger partial charge is 0.481 e. The number of rotatable bonds is 11. The number of hydrogen-bond donors (Lipinski definition) is 2. The van der Waals surface area contributed by atoms with Crippen LogP contribution in [0.1, 0.15) is 73.8 Å². The van der Waals surface area contributed by atoms with Gasteiger partial charge >= 0.3 is 12.1 Å². The SMILES string of the molecule is CC(C)CC(CC(O[Si](C)(C)C(C)(C)C)C(Cc1ccccc1)NC(=O)OC(C)(C)C)C(=O)O. The number of carbonyl (C=O) groups is 2. The number of ether oxygens (including phenoxy) is 1. The molecule has 1 aromatic carbocycles. The van der Waals surface area contributed by atoms with Crippen molar-refractivity contribution in [3.05, 3.63) is 35.9 Å². The summed E-state index contributed by atoms with van der Waals surface area (Å²) in [6, 6.07) is 9.46. The van der Waals surface area contributed by atoms with Crippen molar-refractivity contribution in [3.63, 3.8) is 0 Å². The van der Waals surface area contributed by atoms with Crippen LogP contribution in [0.3, 0.4) is 0 Å². The number of carboxylic acid groups (broad SMARTS) is 1. The highest BCUT2D eigenvalue weighted by atomic mass is 28.4. The highest BCUT2D eigenvalue weighted by molar-refractivity contribution is 6.74. The minimum absolute atomic E-state index is 0.0643.